The molecule has 0 aliphatic carbocycles. The van der Waals surface area contributed by atoms with Crippen molar-refractivity contribution in [1.82, 2.24) is 15.3 Å². The van der Waals surface area contributed by atoms with Gasteiger partial charge in [0.05, 0.1) is 17.1 Å². The molecule has 1 aromatic carbocycles. The van der Waals surface area contributed by atoms with Gasteiger partial charge in [0.2, 0.25) is 0 Å². The SMILES string of the molecule is CC(C)C(C#N)NC(=O)c1cccc2nccnc12. The lowest BCUT2D eigenvalue weighted by molar-refractivity contribution is 0.0939. The van der Waals surface area contributed by atoms with E-state index in [0.717, 1.165) is 0 Å². The van der Waals surface area contributed by atoms with Crippen LogP contribution >= 0.6 is 0 Å². The molecule has 0 bridgehead atoms. The minimum atomic E-state index is -0.514. The van der Waals surface area contributed by atoms with Crippen molar-refractivity contribution in [3.63, 3.8) is 0 Å². The lowest BCUT2D eigenvalue weighted by Gasteiger charge is -2.15. The first-order valence-electron chi connectivity index (χ1n) is 6.03. The zero-order valence-electron chi connectivity index (χ0n) is 10.8. The van der Waals surface area contributed by atoms with Gasteiger partial charge in [-0.2, -0.15) is 5.26 Å². The third kappa shape index (κ3) is 2.68. The second-order valence-electron chi connectivity index (χ2n) is 4.55. The molecule has 0 spiro atoms. The molecule has 0 saturated carbocycles. The van der Waals surface area contributed by atoms with Crippen LogP contribution in [0.4, 0.5) is 0 Å². The van der Waals surface area contributed by atoms with Gasteiger partial charge in [-0.1, -0.05) is 19.9 Å². The summed E-state index contributed by atoms with van der Waals surface area (Å²) in [6, 6.07) is 6.80. The van der Waals surface area contributed by atoms with E-state index < -0.39 is 6.04 Å². The summed E-state index contributed by atoms with van der Waals surface area (Å²) in [4.78, 5) is 20.5. The summed E-state index contributed by atoms with van der Waals surface area (Å²) < 4.78 is 0. The second kappa shape index (κ2) is 5.44. The van der Waals surface area contributed by atoms with Crippen LogP contribution in [0.2, 0.25) is 0 Å². The highest BCUT2D eigenvalue weighted by molar-refractivity contribution is 6.04. The van der Waals surface area contributed by atoms with Crippen molar-refractivity contribution in [3.05, 3.63) is 36.2 Å². The van der Waals surface area contributed by atoms with E-state index in [1.807, 2.05) is 13.8 Å². The Morgan fingerprint density at radius 2 is 2.05 bits per heavy atom. The number of nitrogens with zero attached hydrogens (tertiary/aromatic N) is 3. The molecule has 1 atom stereocenters. The van der Waals surface area contributed by atoms with Crippen LogP contribution in [-0.2, 0) is 0 Å². The smallest absolute Gasteiger partial charge is 0.254 e. The van der Waals surface area contributed by atoms with E-state index in [9.17, 15) is 4.79 Å². The maximum atomic E-state index is 12.2. The Balaban J connectivity index is 2.35. The summed E-state index contributed by atoms with van der Waals surface area (Å²) in [6.07, 6.45) is 3.12. The molecule has 0 fully saturated rings. The lowest BCUT2D eigenvalue weighted by atomic mass is 10.0. The molecule has 0 saturated heterocycles. The summed E-state index contributed by atoms with van der Waals surface area (Å²) in [5, 5.41) is 11.7. The molecule has 0 aliphatic heterocycles. The topological polar surface area (TPSA) is 78.7 Å². The predicted octanol–water partition coefficient (Wildman–Crippen LogP) is 1.91. The highest BCUT2D eigenvalue weighted by atomic mass is 16.1. The van der Waals surface area contributed by atoms with Gasteiger partial charge < -0.3 is 5.32 Å². The van der Waals surface area contributed by atoms with Crippen molar-refractivity contribution < 1.29 is 4.79 Å². The van der Waals surface area contributed by atoms with Crippen LogP contribution < -0.4 is 5.32 Å². The van der Waals surface area contributed by atoms with E-state index in [4.69, 9.17) is 5.26 Å². The number of fused-ring (bicyclic) bond motifs is 1. The molecule has 1 aromatic heterocycles. The number of hydrogen-bond acceptors (Lipinski definition) is 4. The van der Waals surface area contributed by atoms with Crippen LogP contribution in [0.3, 0.4) is 0 Å². The second-order valence-corrected chi connectivity index (χ2v) is 4.55. The van der Waals surface area contributed by atoms with Gasteiger partial charge in [0.15, 0.2) is 0 Å². The van der Waals surface area contributed by atoms with Gasteiger partial charge in [0.25, 0.3) is 5.91 Å². The van der Waals surface area contributed by atoms with E-state index in [1.165, 1.54) is 0 Å². The molecule has 2 aromatic rings. The highest BCUT2D eigenvalue weighted by Crippen LogP contribution is 2.14. The number of hydrogen-bond donors (Lipinski definition) is 1. The van der Waals surface area contributed by atoms with Crippen LogP contribution in [-0.4, -0.2) is 21.9 Å². The molecular weight excluding hydrogens is 240 g/mol. The van der Waals surface area contributed by atoms with Crippen LogP contribution in [0.5, 0.6) is 0 Å². The fourth-order valence-corrected chi connectivity index (χ4v) is 1.74. The molecule has 96 valence electrons. The average molecular weight is 254 g/mol. The van der Waals surface area contributed by atoms with Gasteiger partial charge in [-0.15, -0.1) is 0 Å². The lowest BCUT2D eigenvalue weighted by Crippen LogP contribution is -2.37. The third-order valence-corrected chi connectivity index (χ3v) is 2.84. The molecule has 1 N–H and O–H groups in total. The van der Waals surface area contributed by atoms with Crippen molar-refractivity contribution in [3.8, 4) is 6.07 Å². The molecule has 1 unspecified atom stereocenters. The van der Waals surface area contributed by atoms with Gasteiger partial charge >= 0.3 is 0 Å². The van der Waals surface area contributed by atoms with E-state index in [2.05, 4.69) is 21.4 Å². The molecule has 2 rings (SSSR count). The first-order valence-corrected chi connectivity index (χ1v) is 6.03. The maximum absolute atomic E-state index is 12.2. The van der Waals surface area contributed by atoms with Crippen LogP contribution in [0.1, 0.15) is 24.2 Å². The first kappa shape index (κ1) is 13.0. The summed E-state index contributed by atoms with van der Waals surface area (Å²) in [7, 11) is 0. The quantitative estimate of drug-likeness (QED) is 0.907. The van der Waals surface area contributed by atoms with Crippen molar-refractivity contribution in [2.24, 2.45) is 5.92 Å². The zero-order chi connectivity index (χ0) is 13.8. The number of rotatable bonds is 3. The van der Waals surface area contributed by atoms with E-state index in [0.29, 0.717) is 16.6 Å². The molecule has 1 amide bonds. The third-order valence-electron chi connectivity index (χ3n) is 2.84. The van der Waals surface area contributed by atoms with Gasteiger partial charge in [0.1, 0.15) is 11.6 Å². The Hall–Kier alpha value is -2.48. The van der Waals surface area contributed by atoms with Crippen molar-refractivity contribution in [2.75, 3.05) is 0 Å². The highest BCUT2D eigenvalue weighted by Gasteiger charge is 2.18. The van der Waals surface area contributed by atoms with Crippen LogP contribution in [0, 0.1) is 17.2 Å². The standard InChI is InChI=1S/C14H14N4O/c1-9(2)12(8-15)18-14(19)10-4-3-5-11-13(10)17-7-6-16-11/h3-7,9,12H,1-2H3,(H,18,19). The van der Waals surface area contributed by atoms with Crippen molar-refractivity contribution in [1.29, 1.82) is 5.26 Å². The number of aromatic nitrogens is 2. The summed E-state index contributed by atoms with van der Waals surface area (Å²) in [5.41, 5.74) is 1.64. The van der Waals surface area contributed by atoms with Gasteiger partial charge in [-0.3, -0.25) is 14.8 Å². The molecule has 19 heavy (non-hydrogen) atoms. The molecule has 5 nitrogen and oxygen atoms in total. The summed E-state index contributed by atoms with van der Waals surface area (Å²) >= 11 is 0. The first-order chi connectivity index (χ1) is 9.13. The molecule has 1 heterocycles. The largest absolute Gasteiger partial charge is 0.336 e. The zero-order valence-corrected chi connectivity index (χ0v) is 10.8. The summed E-state index contributed by atoms with van der Waals surface area (Å²) in [6.45, 7) is 3.77. The summed E-state index contributed by atoms with van der Waals surface area (Å²) in [5.74, 6) is -0.249. The van der Waals surface area contributed by atoms with Crippen LogP contribution in [0.15, 0.2) is 30.6 Å². The number of nitriles is 1. The van der Waals surface area contributed by atoms with Crippen LogP contribution in [0.25, 0.3) is 11.0 Å². The van der Waals surface area contributed by atoms with Crippen molar-refractivity contribution in [2.45, 2.75) is 19.9 Å². The minimum Gasteiger partial charge on any atom is -0.336 e. The fraction of sp³-hybridized carbons (Fsp3) is 0.286. The minimum absolute atomic E-state index is 0.0509. The number of para-hydroxylation sites is 1. The molecule has 0 radical (unpaired) electrons. The predicted molar refractivity (Wildman–Crippen MR) is 71.2 cm³/mol. The average Bonchev–Trinajstić information content (AvgIpc) is 2.43. The van der Waals surface area contributed by atoms with E-state index >= 15 is 0 Å². The molecule has 5 heteroatoms. The molecular formula is C14H14N4O. The Morgan fingerprint density at radius 3 is 2.74 bits per heavy atom. The maximum Gasteiger partial charge on any atom is 0.254 e. The number of nitrogens with one attached hydrogen (secondary N) is 1. The van der Waals surface area contributed by atoms with Crippen molar-refractivity contribution >= 4 is 16.9 Å². The Bertz CT molecular complexity index is 640. The van der Waals surface area contributed by atoms with Gasteiger partial charge in [-0.25, -0.2) is 0 Å². The normalized spacial score (nSPS) is 12.1. The Kier molecular flexibility index (Phi) is 3.71. The monoisotopic (exact) mass is 254 g/mol. The number of carbonyl (C=O) groups excluding carboxylic acids is 1. The number of amides is 1. The Morgan fingerprint density at radius 1 is 1.32 bits per heavy atom. The number of carbonyl (C=O) groups is 1. The number of benzene rings is 1. The molecule has 0 aliphatic rings. The Labute approximate surface area is 111 Å². The fourth-order valence-electron chi connectivity index (χ4n) is 1.74. The van der Waals surface area contributed by atoms with E-state index in [1.54, 1.807) is 30.6 Å². The van der Waals surface area contributed by atoms with Gasteiger partial charge in [0, 0.05) is 12.4 Å². The van der Waals surface area contributed by atoms with Gasteiger partial charge in [-0.05, 0) is 18.1 Å². The van der Waals surface area contributed by atoms with E-state index in [-0.39, 0.29) is 11.8 Å².